The number of carbonyl (C=O) groups is 2. The molecule has 0 atom stereocenters. The van der Waals surface area contributed by atoms with Crippen molar-refractivity contribution in [3.05, 3.63) is 47.3 Å². The standard InChI is InChI=1S/C21H25F3N4O3/c1-14-15(13-25-28(14)17-8-6-5-7-16(17)21(22,23)24)18(29)26-9-11-27(12-10-26)19(30)31-20(2,3)4/h5-8,13H,9-12H2,1-4H3. The van der Waals surface area contributed by atoms with E-state index in [9.17, 15) is 22.8 Å². The summed E-state index contributed by atoms with van der Waals surface area (Å²) in [6.07, 6.45) is -3.70. The number of ether oxygens (including phenoxy) is 1. The van der Waals surface area contributed by atoms with E-state index in [0.29, 0.717) is 31.9 Å². The van der Waals surface area contributed by atoms with E-state index in [4.69, 9.17) is 4.74 Å². The van der Waals surface area contributed by atoms with Gasteiger partial charge in [-0.15, -0.1) is 0 Å². The van der Waals surface area contributed by atoms with Crippen LogP contribution in [-0.2, 0) is 10.9 Å². The number of piperazine rings is 1. The van der Waals surface area contributed by atoms with Gasteiger partial charge >= 0.3 is 12.3 Å². The van der Waals surface area contributed by atoms with Crippen LogP contribution >= 0.6 is 0 Å². The first-order valence-corrected chi connectivity index (χ1v) is 9.87. The van der Waals surface area contributed by atoms with Crippen LogP contribution in [0.3, 0.4) is 0 Å². The molecule has 2 amide bonds. The number of para-hydroxylation sites is 1. The van der Waals surface area contributed by atoms with E-state index in [1.165, 1.54) is 29.3 Å². The molecule has 0 saturated carbocycles. The summed E-state index contributed by atoms with van der Waals surface area (Å²) in [4.78, 5) is 28.2. The number of aromatic nitrogens is 2. The van der Waals surface area contributed by atoms with E-state index in [0.717, 1.165) is 10.7 Å². The molecule has 0 radical (unpaired) electrons. The second-order valence-corrected chi connectivity index (χ2v) is 8.33. The Bertz CT molecular complexity index is 971. The summed E-state index contributed by atoms with van der Waals surface area (Å²) >= 11 is 0. The van der Waals surface area contributed by atoms with Gasteiger partial charge in [0.2, 0.25) is 0 Å². The first-order chi connectivity index (χ1) is 14.4. The highest BCUT2D eigenvalue weighted by atomic mass is 19.4. The minimum absolute atomic E-state index is 0.138. The Labute approximate surface area is 178 Å². The number of hydrogen-bond donors (Lipinski definition) is 0. The first kappa shape index (κ1) is 22.6. The van der Waals surface area contributed by atoms with Crippen LogP contribution in [0.15, 0.2) is 30.5 Å². The van der Waals surface area contributed by atoms with Crippen LogP contribution in [0.2, 0.25) is 0 Å². The third-order valence-corrected chi connectivity index (χ3v) is 4.90. The van der Waals surface area contributed by atoms with Crippen molar-refractivity contribution in [2.45, 2.75) is 39.5 Å². The van der Waals surface area contributed by atoms with Crippen LogP contribution in [0, 0.1) is 6.92 Å². The molecule has 10 heteroatoms. The lowest BCUT2D eigenvalue weighted by molar-refractivity contribution is -0.137. The van der Waals surface area contributed by atoms with Gasteiger partial charge in [-0.05, 0) is 39.8 Å². The summed E-state index contributed by atoms with van der Waals surface area (Å²) in [6, 6.07) is 5.09. The second-order valence-electron chi connectivity index (χ2n) is 8.33. The molecule has 7 nitrogen and oxygen atoms in total. The molecule has 0 unspecified atom stereocenters. The minimum atomic E-state index is -4.54. The fourth-order valence-corrected chi connectivity index (χ4v) is 3.35. The molecule has 0 N–H and O–H groups in total. The van der Waals surface area contributed by atoms with Crippen LogP contribution < -0.4 is 0 Å². The highest BCUT2D eigenvalue weighted by molar-refractivity contribution is 5.95. The average Bonchev–Trinajstić information content (AvgIpc) is 3.07. The Morgan fingerprint density at radius 2 is 1.58 bits per heavy atom. The lowest BCUT2D eigenvalue weighted by atomic mass is 10.1. The van der Waals surface area contributed by atoms with Crippen LogP contribution in [0.25, 0.3) is 5.69 Å². The van der Waals surface area contributed by atoms with Gasteiger partial charge in [-0.1, -0.05) is 12.1 Å². The Morgan fingerprint density at radius 3 is 2.16 bits per heavy atom. The minimum Gasteiger partial charge on any atom is -0.444 e. The molecule has 168 valence electrons. The van der Waals surface area contributed by atoms with Crippen molar-refractivity contribution in [2.75, 3.05) is 26.2 Å². The van der Waals surface area contributed by atoms with Gasteiger partial charge < -0.3 is 14.5 Å². The van der Waals surface area contributed by atoms with Gasteiger partial charge in [0, 0.05) is 26.2 Å². The van der Waals surface area contributed by atoms with Crippen molar-refractivity contribution in [3.63, 3.8) is 0 Å². The zero-order valence-corrected chi connectivity index (χ0v) is 17.9. The Morgan fingerprint density at radius 1 is 1.00 bits per heavy atom. The number of benzene rings is 1. The molecule has 2 heterocycles. The molecule has 1 saturated heterocycles. The summed E-state index contributed by atoms with van der Waals surface area (Å²) in [6.45, 7) is 8.11. The van der Waals surface area contributed by atoms with Crippen LogP contribution in [0.4, 0.5) is 18.0 Å². The maximum absolute atomic E-state index is 13.4. The van der Waals surface area contributed by atoms with Crippen LogP contribution in [-0.4, -0.2) is 63.4 Å². The predicted octanol–water partition coefficient (Wildman–Crippen LogP) is 3.89. The van der Waals surface area contributed by atoms with E-state index in [-0.39, 0.29) is 17.2 Å². The van der Waals surface area contributed by atoms with Gasteiger partial charge in [-0.2, -0.15) is 18.3 Å². The summed E-state index contributed by atoms with van der Waals surface area (Å²) in [5, 5.41) is 4.04. The van der Waals surface area contributed by atoms with E-state index >= 15 is 0 Å². The van der Waals surface area contributed by atoms with Gasteiger partial charge in [-0.3, -0.25) is 4.79 Å². The van der Waals surface area contributed by atoms with E-state index in [1.807, 2.05) is 0 Å². The largest absolute Gasteiger partial charge is 0.444 e. The normalized spacial score (nSPS) is 15.2. The van der Waals surface area contributed by atoms with Gasteiger partial charge in [-0.25, -0.2) is 9.48 Å². The number of amides is 2. The van der Waals surface area contributed by atoms with Crippen molar-refractivity contribution in [1.29, 1.82) is 0 Å². The molecule has 1 aliphatic rings. The molecular weight excluding hydrogens is 413 g/mol. The third-order valence-electron chi connectivity index (χ3n) is 4.90. The highest BCUT2D eigenvalue weighted by Gasteiger charge is 2.35. The molecule has 1 aliphatic heterocycles. The van der Waals surface area contributed by atoms with E-state index < -0.39 is 23.4 Å². The first-order valence-electron chi connectivity index (χ1n) is 9.87. The summed E-state index contributed by atoms with van der Waals surface area (Å²) in [5.41, 5.74) is -1.03. The Kier molecular flexibility index (Phi) is 6.02. The topological polar surface area (TPSA) is 67.7 Å². The maximum atomic E-state index is 13.4. The molecule has 0 spiro atoms. The average molecular weight is 438 g/mol. The fourth-order valence-electron chi connectivity index (χ4n) is 3.35. The number of halogens is 3. The highest BCUT2D eigenvalue weighted by Crippen LogP contribution is 2.34. The fraction of sp³-hybridized carbons (Fsp3) is 0.476. The van der Waals surface area contributed by atoms with Gasteiger partial charge in [0.25, 0.3) is 5.91 Å². The zero-order valence-electron chi connectivity index (χ0n) is 17.9. The molecule has 1 aromatic carbocycles. The zero-order chi connectivity index (χ0) is 23.0. The number of nitrogens with zero attached hydrogens (tertiary/aromatic N) is 4. The van der Waals surface area contributed by atoms with Crippen molar-refractivity contribution < 1.29 is 27.5 Å². The van der Waals surface area contributed by atoms with E-state index in [2.05, 4.69) is 5.10 Å². The molecule has 0 bridgehead atoms. The third kappa shape index (κ3) is 5.00. The van der Waals surface area contributed by atoms with Crippen molar-refractivity contribution in [1.82, 2.24) is 19.6 Å². The predicted molar refractivity (Wildman–Crippen MR) is 107 cm³/mol. The monoisotopic (exact) mass is 438 g/mol. The Balaban J connectivity index is 1.75. The van der Waals surface area contributed by atoms with Crippen LogP contribution in [0.1, 0.15) is 42.4 Å². The van der Waals surface area contributed by atoms with Gasteiger partial charge in [0.1, 0.15) is 5.60 Å². The lowest BCUT2D eigenvalue weighted by Gasteiger charge is -2.35. The number of rotatable bonds is 2. The molecule has 2 aromatic rings. The van der Waals surface area contributed by atoms with Crippen molar-refractivity contribution in [3.8, 4) is 5.69 Å². The number of alkyl halides is 3. The molecule has 1 fully saturated rings. The number of carbonyl (C=O) groups excluding carboxylic acids is 2. The quantitative estimate of drug-likeness (QED) is 0.714. The molecule has 31 heavy (non-hydrogen) atoms. The second kappa shape index (κ2) is 8.24. The summed E-state index contributed by atoms with van der Waals surface area (Å²) in [7, 11) is 0. The van der Waals surface area contributed by atoms with Gasteiger partial charge in [0.05, 0.1) is 28.7 Å². The molecule has 3 rings (SSSR count). The maximum Gasteiger partial charge on any atom is 0.418 e. The van der Waals surface area contributed by atoms with Gasteiger partial charge in [0.15, 0.2) is 0 Å². The number of hydrogen-bond acceptors (Lipinski definition) is 4. The smallest absolute Gasteiger partial charge is 0.418 e. The lowest BCUT2D eigenvalue weighted by Crippen LogP contribution is -2.51. The van der Waals surface area contributed by atoms with Crippen molar-refractivity contribution >= 4 is 12.0 Å². The molecule has 1 aromatic heterocycles. The molecule has 0 aliphatic carbocycles. The van der Waals surface area contributed by atoms with Crippen LogP contribution in [0.5, 0.6) is 0 Å². The summed E-state index contributed by atoms with van der Waals surface area (Å²) < 4.78 is 46.6. The Hall–Kier alpha value is -3.04. The SMILES string of the molecule is Cc1c(C(=O)N2CCN(C(=O)OC(C)(C)C)CC2)cnn1-c1ccccc1C(F)(F)F. The summed E-state index contributed by atoms with van der Waals surface area (Å²) in [5.74, 6) is -0.336. The van der Waals surface area contributed by atoms with E-state index in [1.54, 1.807) is 32.6 Å². The van der Waals surface area contributed by atoms with Crippen molar-refractivity contribution in [2.24, 2.45) is 0 Å². The molecular formula is C21H25F3N4O3.